The molecule has 2 N–H and O–H groups in total. The maximum Gasteiger partial charge on any atom is 0.407 e. The van der Waals surface area contributed by atoms with Crippen LogP contribution in [0.4, 0.5) is 4.79 Å². The third kappa shape index (κ3) is 7.57. The number of ether oxygens (including phenoxy) is 5. The van der Waals surface area contributed by atoms with Gasteiger partial charge in [0.2, 0.25) is 16.8 Å². The third-order valence-electron chi connectivity index (χ3n) is 10.3. The molecule has 50 heavy (non-hydrogen) atoms. The fourth-order valence-corrected chi connectivity index (χ4v) is 9.20. The second-order valence-electron chi connectivity index (χ2n) is 13.5. The minimum atomic E-state index is -4.12. The van der Waals surface area contributed by atoms with Crippen molar-refractivity contribution in [1.82, 2.24) is 9.21 Å². The van der Waals surface area contributed by atoms with Crippen LogP contribution < -0.4 is 14.2 Å². The molecular formula is C37H44N2O10S. The van der Waals surface area contributed by atoms with E-state index >= 15 is 0 Å². The molecule has 12 nitrogen and oxygen atoms in total. The first-order valence-corrected chi connectivity index (χ1v) is 18.8. The zero-order valence-electron chi connectivity index (χ0n) is 27.8. The first-order chi connectivity index (χ1) is 24.3. The van der Waals surface area contributed by atoms with Crippen LogP contribution in [0.5, 0.6) is 17.2 Å². The maximum atomic E-state index is 14.3. The number of nitrogens with zero attached hydrogens (tertiary/aromatic N) is 2. The fraction of sp³-hybridized carbons (Fsp3) is 0.486. The van der Waals surface area contributed by atoms with Gasteiger partial charge >= 0.3 is 6.09 Å². The molecule has 268 valence electrons. The largest absolute Gasteiger partial charge is 0.489 e. The highest BCUT2D eigenvalue weighted by Gasteiger charge is 2.49. The summed E-state index contributed by atoms with van der Waals surface area (Å²) >= 11 is 0. The summed E-state index contributed by atoms with van der Waals surface area (Å²) in [4.78, 5) is 14.4. The monoisotopic (exact) mass is 708 g/mol. The molecule has 7 rings (SSSR count). The van der Waals surface area contributed by atoms with Gasteiger partial charge in [-0.2, -0.15) is 4.31 Å². The molecule has 13 heteroatoms. The molecule has 0 unspecified atom stereocenters. The van der Waals surface area contributed by atoms with E-state index in [0.29, 0.717) is 36.9 Å². The van der Waals surface area contributed by atoms with E-state index in [-0.39, 0.29) is 49.6 Å². The van der Waals surface area contributed by atoms with Gasteiger partial charge in [-0.1, -0.05) is 55.3 Å². The molecule has 3 aliphatic heterocycles. The SMILES string of the molecule is O=C(O)N([C@H]1CO[C@H]2OCC[C@H]21)[C@@H](Cc1ccc(OCc2ccccc2)cc1)[C@H](O)CN(CC1CCCC1)S(=O)(=O)c1ccc2c(c1)OCO2. The Labute approximate surface area is 292 Å². The van der Waals surface area contributed by atoms with Gasteiger partial charge in [0.1, 0.15) is 12.4 Å². The Morgan fingerprint density at radius 1 is 0.920 bits per heavy atom. The third-order valence-corrected chi connectivity index (χ3v) is 12.1. The van der Waals surface area contributed by atoms with Gasteiger partial charge in [0.05, 0.1) is 36.3 Å². The van der Waals surface area contributed by atoms with Crippen molar-refractivity contribution in [2.45, 2.75) is 74.5 Å². The summed E-state index contributed by atoms with van der Waals surface area (Å²) in [5, 5.41) is 22.8. The van der Waals surface area contributed by atoms with Crippen molar-refractivity contribution >= 4 is 16.1 Å². The summed E-state index contributed by atoms with van der Waals surface area (Å²) in [5.41, 5.74) is 1.80. The number of benzene rings is 3. The zero-order valence-corrected chi connectivity index (χ0v) is 28.7. The molecule has 1 amide bonds. The van der Waals surface area contributed by atoms with Crippen LogP contribution in [0.2, 0.25) is 0 Å². The number of fused-ring (bicyclic) bond motifs is 2. The Kier molecular flexibility index (Phi) is 10.5. The van der Waals surface area contributed by atoms with Gasteiger partial charge in [-0.3, -0.25) is 4.90 Å². The van der Waals surface area contributed by atoms with E-state index in [1.807, 2.05) is 54.6 Å². The number of rotatable bonds is 14. The average Bonchev–Trinajstić information content (AvgIpc) is 3.94. The molecule has 5 atom stereocenters. The predicted octanol–water partition coefficient (Wildman–Crippen LogP) is 4.89. The molecule has 0 radical (unpaired) electrons. The highest BCUT2D eigenvalue weighted by molar-refractivity contribution is 7.89. The minimum absolute atomic E-state index is 0.00788. The molecule has 3 heterocycles. The Bertz CT molecular complexity index is 1720. The second kappa shape index (κ2) is 15.2. The number of sulfonamides is 1. The smallest absolute Gasteiger partial charge is 0.407 e. The van der Waals surface area contributed by atoms with Crippen LogP contribution in [0.25, 0.3) is 0 Å². The second-order valence-corrected chi connectivity index (χ2v) is 15.5. The number of aliphatic hydroxyl groups is 1. The molecule has 0 spiro atoms. The van der Waals surface area contributed by atoms with Gasteiger partial charge in [0.25, 0.3) is 0 Å². The molecule has 0 aromatic heterocycles. The quantitative estimate of drug-likeness (QED) is 0.238. The fourth-order valence-electron chi connectivity index (χ4n) is 7.65. The summed E-state index contributed by atoms with van der Waals surface area (Å²) in [6, 6.07) is 20.1. The highest BCUT2D eigenvalue weighted by Crippen LogP contribution is 2.38. The zero-order chi connectivity index (χ0) is 34.7. The molecular weight excluding hydrogens is 664 g/mol. The van der Waals surface area contributed by atoms with E-state index in [1.165, 1.54) is 21.3 Å². The van der Waals surface area contributed by atoms with E-state index in [2.05, 4.69) is 0 Å². The van der Waals surface area contributed by atoms with Crippen molar-refractivity contribution in [2.75, 3.05) is 33.1 Å². The summed E-state index contributed by atoms with van der Waals surface area (Å²) in [6.07, 6.45) is 1.47. The molecule has 3 aromatic carbocycles. The molecule has 1 saturated carbocycles. The number of carbonyl (C=O) groups is 1. The maximum absolute atomic E-state index is 14.3. The lowest BCUT2D eigenvalue weighted by molar-refractivity contribution is -0.0906. The van der Waals surface area contributed by atoms with E-state index in [1.54, 1.807) is 6.07 Å². The van der Waals surface area contributed by atoms with Crippen molar-refractivity contribution in [3.63, 3.8) is 0 Å². The molecule has 3 fully saturated rings. The topological polar surface area (TPSA) is 144 Å². The summed E-state index contributed by atoms with van der Waals surface area (Å²) in [7, 11) is -4.12. The number of amides is 1. The first kappa shape index (κ1) is 34.6. The van der Waals surface area contributed by atoms with Gasteiger partial charge in [0.15, 0.2) is 17.8 Å². The van der Waals surface area contributed by atoms with Crippen LogP contribution in [0.3, 0.4) is 0 Å². The van der Waals surface area contributed by atoms with Crippen molar-refractivity contribution in [3.8, 4) is 17.2 Å². The van der Waals surface area contributed by atoms with Crippen molar-refractivity contribution in [3.05, 3.63) is 83.9 Å². The van der Waals surface area contributed by atoms with Crippen LogP contribution in [0, 0.1) is 11.8 Å². The first-order valence-electron chi connectivity index (χ1n) is 17.3. The lowest BCUT2D eigenvalue weighted by Crippen LogP contribution is -2.57. The summed E-state index contributed by atoms with van der Waals surface area (Å²) in [5.74, 6) is 1.39. The lowest BCUT2D eigenvalue weighted by atomic mass is 9.93. The standard InChI is InChI=1S/C37H44N2O10S/c40-33(21-38(20-26-6-4-5-7-26)50(43,44)29-14-15-34-35(19-29)49-24-48-34)31(39(37(41)42)32-23-47-36-30(32)16-17-45-36)18-25-10-12-28(13-11-25)46-22-27-8-2-1-3-9-27/h1-3,8-15,19,26,30-33,36,40H,4-7,16-18,20-24H2,(H,41,42)/t30-,31-,32-,33+,36+/m0/s1. The number of aliphatic hydroxyl groups excluding tert-OH is 1. The minimum Gasteiger partial charge on any atom is -0.489 e. The summed E-state index contributed by atoms with van der Waals surface area (Å²) in [6.45, 7) is 0.909. The average molecular weight is 709 g/mol. The molecule has 1 aliphatic carbocycles. The molecule has 2 saturated heterocycles. The van der Waals surface area contributed by atoms with Gasteiger partial charge in [-0.25, -0.2) is 13.2 Å². The lowest BCUT2D eigenvalue weighted by Gasteiger charge is -2.39. The van der Waals surface area contributed by atoms with Crippen LogP contribution in [0.15, 0.2) is 77.7 Å². The van der Waals surface area contributed by atoms with Gasteiger partial charge in [-0.15, -0.1) is 0 Å². The number of hydrogen-bond donors (Lipinski definition) is 2. The van der Waals surface area contributed by atoms with Gasteiger partial charge in [0, 0.05) is 25.1 Å². The van der Waals surface area contributed by atoms with E-state index < -0.39 is 40.6 Å². The normalized spacial score (nSPS) is 22.8. The Balaban J connectivity index is 1.17. The Hall–Kier alpha value is -3.88. The van der Waals surface area contributed by atoms with E-state index in [4.69, 9.17) is 23.7 Å². The molecule has 3 aromatic rings. The van der Waals surface area contributed by atoms with E-state index in [9.17, 15) is 23.4 Å². The number of hydrogen-bond acceptors (Lipinski definition) is 9. The van der Waals surface area contributed by atoms with Crippen molar-refractivity contribution < 1.29 is 47.1 Å². The molecule has 0 bridgehead atoms. The van der Waals surface area contributed by atoms with Gasteiger partial charge in [-0.05, 0) is 67.0 Å². The summed E-state index contributed by atoms with van der Waals surface area (Å²) < 4.78 is 58.3. The van der Waals surface area contributed by atoms with Gasteiger partial charge < -0.3 is 33.9 Å². The van der Waals surface area contributed by atoms with Crippen LogP contribution >= 0.6 is 0 Å². The van der Waals surface area contributed by atoms with Crippen LogP contribution in [0.1, 0.15) is 43.2 Å². The highest BCUT2D eigenvalue weighted by atomic mass is 32.2. The van der Waals surface area contributed by atoms with Crippen LogP contribution in [-0.2, 0) is 32.5 Å². The predicted molar refractivity (Wildman–Crippen MR) is 181 cm³/mol. The van der Waals surface area contributed by atoms with Crippen molar-refractivity contribution in [1.29, 1.82) is 0 Å². The number of carboxylic acid groups (broad SMARTS) is 1. The van der Waals surface area contributed by atoms with E-state index in [0.717, 1.165) is 36.8 Å². The Morgan fingerprint density at radius 2 is 1.68 bits per heavy atom. The van der Waals surface area contributed by atoms with Crippen molar-refractivity contribution in [2.24, 2.45) is 11.8 Å². The van der Waals surface area contributed by atoms with Crippen LogP contribution in [-0.4, -0.2) is 91.5 Å². The Morgan fingerprint density at radius 3 is 2.44 bits per heavy atom. The molecule has 4 aliphatic rings.